The van der Waals surface area contributed by atoms with Crippen molar-refractivity contribution in [3.63, 3.8) is 0 Å². The zero-order valence-electron chi connectivity index (χ0n) is 11.1. The first-order chi connectivity index (χ1) is 9.24. The molecule has 4 heteroatoms. The second-order valence-corrected chi connectivity index (χ2v) is 4.89. The topological polar surface area (TPSA) is 61.6 Å². The van der Waals surface area contributed by atoms with Gasteiger partial charge >= 0.3 is 5.97 Å². The molecular weight excluding hydrogens is 242 g/mol. The molecule has 1 aromatic carbocycles. The molecule has 1 unspecified atom stereocenters. The molecule has 2 rings (SSSR count). The van der Waals surface area contributed by atoms with Crippen molar-refractivity contribution < 1.29 is 14.3 Å². The van der Waals surface area contributed by atoms with Crippen LogP contribution in [0.15, 0.2) is 24.3 Å². The second-order valence-electron chi connectivity index (χ2n) is 4.89. The fraction of sp³-hybridized carbons (Fsp3) is 0.533. The van der Waals surface area contributed by atoms with Gasteiger partial charge in [-0.15, -0.1) is 0 Å². The van der Waals surface area contributed by atoms with E-state index in [0.717, 1.165) is 37.1 Å². The largest absolute Gasteiger partial charge is 0.466 e. The van der Waals surface area contributed by atoms with Gasteiger partial charge in [0, 0.05) is 25.1 Å². The Labute approximate surface area is 113 Å². The summed E-state index contributed by atoms with van der Waals surface area (Å²) >= 11 is 0. The van der Waals surface area contributed by atoms with Crippen molar-refractivity contribution in [1.29, 1.82) is 0 Å². The highest BCUT2D eigenvalue weighted by molar-refractivity contribution is 5.69. The Morgan fingerprint density at radius 1 is 1.37 bits per heavy atom. The first-order valence-electron chi connectivity index (χ1n) is 6.85. The molecule has 1 heterocycles. The number of rotatable bonds is 6. The number of aryl methyl sites for hydroxylation is 1. The molecule has 1 aliphatic heterocycles. The maximum Gasteiger partial charge on any atom is 0.306 e. The molecule has 1 aromatic rings. The molecule has 0 aliphatic carbocycles. The molecule has 2 N–H and O–H groups in total. The van der Waals surface area contributed by atoms with E-state index in [2.05, 4.69) is 0 Å². The number of anilines is 1. The van der Waals surface area contributed by atoms with E-state index in [9.17, 15) is 4.79 Å². The number of nitrogens with two attached hydrogens (primary N) is 1. The summed E-state index contributed by atoms with van der Waals surface area (Å²) in [5.41, 5.74) is 7.45. The highest BCUT2D eigenvalue weighted by Crippen LogP contribution is 2.15. The minimum Gasteiger partial charge on any atom is -0.466 e. The summed E-state index contributed by atoms with van der Waals surface area (Å²) in [5.74, 6) is -0.144. The van der Waals surface area contributed by atoms with E-state index in [1.807, 2.05) is 24.3 Å². The summed E-state index contributed by atoms with van der Waals surface area (Å²) in [5, 5.41) is 0. The predicted molar refractivity (Wildman–Crippen MR) is 73.7 cm³/mol. The normalized spacial score (nSPS) is 18.4. The third-order valence-electron chi connectivity index (χ3n) is 3.32. The molecule has 19 heavy (non-hydrogen) atoms. The summed E-state index contributed by atoms with van der Waals surface area (Å²) in [6, 6.07) is 7.57. The molecule has 0 spiro atoms. The van der Waals surface area contributed by atoms with Gasteiger partial charge in [0.1, 0.15) is 0 Å². The van der Waals surface area contributed by atoms with Crippen LogP contribution in [-0.2, 0) is 20.7 Å². The van der Waals surface area contributed by atoms with E-state index in [4.69, 9.17) is 15.2 Å². The number of ether oxygens (including phenoxy) is 2. The monoisotopic (exact) mass is 263 g/mol. The number of esters is 1. The van der Waals surface area contributed by atoms with E-state index in [-0.39, 0.29) is 12.1 Å². The molecule has 0 amide bonds. The number of carbonyl (C=O) groups excluding carboxylic acids is 1. The van der Waals surface area contributed by atoms with Gasteiger partial charge in [-0.2, -0.15) is 0 Å². The van der Waals surface area contributed by atoms with Gasteiger partial charge in [0.15, 0.2) is 0 Å². The molecule has 104 valence electrons. The maximum atomic E-state index is 11.6. The second kappa shape index (κ2) is 7.14. The smallest absolute Gasteiger partial charge is 0.306 e. The van der Waals surface area contributed by atoms with Crippen LogP contribution in [0.25, 0.3) is 0 Å². The predicted octanol–water partition coefficient (Wildman–Crippen LogP) is 2.31. The van der Waals surface area contributed by atoms with E-state index in [0.29, 0.717) is 19.4 Å². The Morgan fingerprint density at radius 3 is 2.84 bits per heavy atom. The van der Waals surface area contributed by atoms with Crippen LogP contribution < -0.4 is 5.73 Å². The Bertz CT molecular complexity index is 396. The minimum absolute atomic E-state index is 0.144. The van der Waals surface area contributed by atoms with Crippen LogP contribution in [0.4, 0.5) is 5.69 Å². The lowest BCUT2D eigenvalue weighted by atomic mass is 10.1. The summed E-state index contributed by atoms with van der Waals surface area (Å²) in [6.45, 7) is 1.31. The molecule has 0 bridgehead atoms. The van der Waals surface area contributed by atoms with Gasteiger partial charge in [-0.1, -0.05) is 12.1 Å². The van der Waals surface area contributed by atoms with Crippen LogP contribution in [0.1, 0.15) is 31.2 Å². The Kier molecular flexibility index (Phi) is 5.21. The fourth-order valence-corrected chi connectivity index (χ4v) is 2.18. The zero-order valence-corrected chi connectivity index (χ0v) is 11.1. The first kappa shape index (κ1) is 13.9. The Balaban J connectivity index is 1.60. The van der Waals surface area contributed by atoms with Crippen molar-refractivity contribution in [2.45, 2.75) is 38.2 Å². The standard InChI is InChI=1S/C15H21NO3/c16-13-6-3-12(4-7-13)5-8-15(17)19-11-9-14-2-1-10-18-14/h3-4,6-7,14H,1-2,5,8-11,16H2. The van der Waals surface area contributed by atoms with Crippen molar-refractivity contribution in [2.24, 2.45) is 0 Å². The molecular formula is C15H21NO3. The van der Waals surface area contributed by atoms with E-state index >= 15 is 0 Å². The van der Waals surface area contributed by atoms with Gasteiger partial charge in [-0.3, -0.25) is 4.79 Å². The highest BCUT2D eigenvalue weighted by atomic mass is 16.5. The molecule has 4 nitrogen and oxygen atoms in total. The molecule has 0 saturated carbocycles. The van der Waals surface area contributed by atoms with Crippen LogP contribution in [-0.4, -0.2) is 25.3 Å². The Hall–Kier alpha value is -1.55. The van der Waals surface area contributed by atoms with Gasteiger partial charge in [-0.05, 0) is 37.0 Å². The molecule has 1 saturated heterocycles. The number of hydrogen-bond acceptors (Lipinski definition) is 4. The highest BCUT2D eigenvalue weighted by Gasteiger charge is 2.15. The fourth-order valence-electron chi connectivity index (χ4n) is 2.18. The van der Waals surface area contributed by atoms with Crippen molar-refractivity contribution in [3.8, 4) is 0 Å². The summed E-state index contributed by atoms with van der Waals surface area (Å²) in [4.78, 5) is 11.6. The maximum absolute atomic E-state index is 11.6. The lowest BCUT2D eigenvalue weighted by Crippen LogP contribution is -2.13. The summed E-state index contributed by atoms with van der Waals surface area (Å²) < 4.78 is 10.7. The average molecular weight is 263 g/mol. The first-order valence-corrected chi connectivity index (χ1v) is 6.85. The average Bonchev–Trinajstić information content (AvgIpc) is 2.91. The molecule has 0 aromatic heterocycles. The number of benzene rings is 1. The third-order valence-corrected chi connectivity index (χ3v) is 3.32. The van der Waals surface area contributed by atoms with Crippen molar-refractivity contribution >= 4 is 11.7 Å². The van der Waals surface area contributed by atoms with Gasteiger partial charge < -0.3 is 15.2 Å². The van der Waals surface area contributed by atoms with Gasteiger partial charge in [0.05, 0.1) is 12.7 Å². The molecule has 0 radical (unpaired) electrons. The quantitative estimate of drug-likeness (QED) is 0.632. The Morgan fingerprint density at radius 2 is 2.16 bits per heavy atom. The summed E-state index contributed by atoms with van der Waals surface area (Å²) in [6.07, 6.45) is 4.41. The SMILES string of the molecule is Nc1ccc(CCC(=O)OCCC2CCCO2)cc1. The zero-order chi connectivity index (χ0) is 13.5. The number of hydrogen-bond donors (Lipinski definition) is 1. The molecule has 1 atom stereocenters. The minimum atomic E-state index is -0.144. The van der Waals surface area contributed by atoms with Gasteiger partial charge in [0.25, 0.3) is 0 Å². The van der Waals surface area contributed by atoms with Crippen LogP contribution in [0.3, 0.4) is 0 Å². The lowest BCUT2D eigenvalue weighted by molar-refractivity contribution is -0.144. The van der Waals surface area contributed by atoms with Crippen molar-refractivity contribution in [2.75, 3.05) is 18.9 Å². The van der Waals surface area contributed by atoms with Crippen LogP contribution in [0, 0.1) is 0 Å². The van der Waals surface area contributed by atoms with Crippen molar-refractivity contribution in [3.05, 3.63) is 29.8 Å². The lowest BCUT2D eigenvalue weighted by Gasteiger charge is -2.09. The van der Waals surface area contributed by atoms with Gasteiger partial charge in [0.2, 0.25) is 0 Å². The van der Waals surface area contributed by atoms with Crippen LogP contribution in [0.5, 0.6) is 0 Å². The van der Waals surface area contributed by atoms with E-state index in [1.54, 1.807) is 0 Å². The van der Waals surface area contributed by atoms with Crippen LogP contribution >= 0.6 is 0 Å². The summed E-state index contributed by atoms with van der Waals surface area (Å²) in [7, 11) is 0. The number of carbonyl (C=O) groups is 1. The van der Waals surface area contributed by atoms with Crippen LogP contribution in [0.2, 0.25) is 0 Å². The van der Waals surface area contributed by atoms with E-state index < -0.39 is 0 Å². The van der Waals surface area contributed by atoms with Crippen molar-refractivity contribution in [1.82, 2.24) is 0 Å². The molecule has 1 aliphatic rings. The number of nitrogen functional groups attached to an aromatic ring is 1. The van der Waals surface area contributed by atoms with E-state index in [1.165, 1.54) is 0 Å². The van der Waals surface area contributed by atoms with Gasteiger partial charge in [-0.25, -0.2) is 0 Å². The molecule has 1 fully saturated rings. The third kappa shape index (κ3) is 4.91.